The predicted molar refractivity (Wildman–Crippen MR) is 91.6 cm³/mol. The largest absolute Gasteiger partial charge is 0.443 e. The molecule has 0 aromatic carbocycles. The van der Waals surface area contributed by atoms with Crippen LogP contribution >= 0.6 is 11.6 Å². The summed E-state index contributed by atoms with van der Waals surface area (Å²) in [4.78, 5) is 12.2. The van der Waals surface area contributed by atoms with Crippen LogP contribution < -0.4 is 0 Å². The Labute approximate surface area is 139 Å². The molecule has 0 aromatic rings. The molecule has 0 unspecified atom stereocenters. The van der Waals surface area contributed by atoms with Crippen LogP contribution in [0.1, 0.15) is 20.8 Å². The second-order valence-electron chi connectivity index (χ2n) is 7.45. The number of hydrogen-bond acceptors (Lipinski definition) is 5. The summed E-state index contributed by atoms with van der Waals surface area (Å²) in [5.41, 5.74) is -0.824. The van der Waals surface area contributed by atoms with Crippen molar-refractivity contribution in [3.63, 3.8) is 0 Å². The van der Waals surface area contributed by atoms with Gasteiger partial charge in [0.2, 0.25) is 10.0 Å². The summed E-state index contributed by atoms with van der Waals surface area (Å²) in [5, 5.41) is 9.63. The van der Waals surface area contributed by atoms with Crippen LogP contribution in [0.5, 0.6) is 0 Å². The monoisotopic (exact) mass is 373 g/mol. The van der Waals surface area contributed by atoms with Crippen LogP contribution in [0.2, 0.25) is 25.7 Å². The Balaban J connectivity index is 5.25. The molecule has 0 heterocycles. The predicted octanol–water partition coefficient (Wildman–Crippen LogP) is 2.49. The molecule has 1 N–H and O–H groups in total. The van der Waals surface area contributed by atoms with Crippen LogP contribution in [-0.2, 0) is 14.8 Å². The number of nitrogens with zero attached hydrogens (tertiary/aromatic N) is 1. The van der Waals surface area contributed by atoms with Crippen molar-refractivity contribution in [3.05, 3.63) is 0 Å². The number of carbonyl (C=O) groups excluding carboxylic acids is 1. The van der Waals surface area contributed by atoms with E-state index < -0.39 is 42.4 Å². The lowest BCUT2D eigenvalue weighted by Crippen LogP contribution is -2.46. The molecule has 1 amide bonds. The van der Waals surface area contributed by atoms with Gasteiger partial charge in [0, 0.05) is 8.07 Å². The van der Waals surface area contributed by atoms with Gasteiger partial charge in [-0.2, -0.15) is 0 Å². The lowest BCUT2D eigenvalue weighted by Gasteiger charge is -2.28. The van der Waals surface area contributed by atoms with Crippen molar-refractivity contribution in [2.24, 2.45) is 0 Å². The first-order valence-corrected chi connectivity index (χ1v) is 13.0. The van der Waals surface area contributed by atoms with E-state index in [1.807, 2.05) is 19.6 Å². The summed E-state index contributed by atoms with van der Waals surface area (Å²) >= 11 is 5.52. The van der Waals surface area contributed by atoms with Gasteiger partial charge in [-0.05, 0) is 26.8 Å². The number of aliphatic hydroxyl groups excluding tert-OH is 1. The minimum absolute atomic E-state index is 0.142. The van der Waals surface area contributed by atoms with Crippen molar-refractivity contribution < 1.29 is 23.1 Å². The molecule has 0 radical (unpaired) electrons. The fourth-order valence-electron chi connectivity index (χ4n) is 1.40. The zero-order valence-corrected chi connectivity index (χ0v) is 16.8. The van der Waals surface area contributed by atoms with Gasteiger partial charge in [0.25, 0.3) is 0 Å². The second-order valence-corrected chi connectivity index (χ2v) is 15.4. The normalized spacial score (nSPS) is 14.5. The molecule has 0 rings (SSSR count). The first-order chi connectivity index (χ1) is 9.68. The van der Waals surface area contributed by atoms with Crippen LogP contribution in [0.4, 0.5) is 4.79 Å². The molecule has 0 spiro atoms. The molecule has 0 saturated carbocycles. The molecule has 0 aliphatic heterocycles. The molecule has 0 aromatic heterocycles. The second kappa shape index (κ2) is 7.99. The van der Waals surface area contributed by atoms with E-state index in [0.717, 1.165) is 0 Å². The van der Waals surface area contributed by atoms with Crippen molar-refractivity contribution in [1.29, 1.82) is 0 Å². The van der Waals surface area contributed by atoms with E-state index in [4.69, 9.17) is 16.3 Å². The van der Waals surface area contributed by atoms with E-state index in [1.54, 1.807) is 20.8 Å². The van der Waals surface area contributed by atoms with E-state index in [-0.39, 0.29) is 11.6 Å². The number of hydrogen-bond donors (Lipinski definition) is 1. The zero-order chi connectivity index (χ0) is 17.8. The summed E-state index contributed by atoms with van der Waals surface area (Å²) in [6, 6.07) is 0.519. The third-order valence-electron chi connectivity index (χ3n) is 2.60. The highest BCUT2D eigenvalue weighted by atomic mass is 35.5. The van der Waals surface area contributed by atoms with Gasteiger partial charge in [0.15, 0.2) is 0 Å². The molecule has 22 heavy (non-hydrogen) atoms. The Hall–Kier alpha value is -0.313. The number of alkyl halides is 1. The van der Waals surface area contributed by atoms with Gasteiger partial charge < -0.3 is 9.84 Å². The van der Waals surface area contributed by atoms with E-state index in [0.29, 0.717) is 10.3 Å². The molecule has 9 heteroatoms. The summed E-state index contributed by atoms with van der Waals surface area (Å²) in [6.07, 6.45) is -2.11. The highest BCUT2D eigenvalue weighted by Gasteiger charge is 2.34. The Morgan fingerprint density at radius 2 is 1.82 bits per heavy atom. The molecule has 0 fully saturated rings. The van der Waals surface area contributed by atoms with Crippen molar-refractivity contribution in [3.8, 4) is 0 Å². The van der Waals surface area contributed by atoms with Crippen LogP contribution in [-0.4, -0.2) is 61.9 Å². The minimum Gasteiger partial charge on any atom is -0.443 e. The van der Waals surface area contributed by atoms with Gasteiger partial charge in [0.1, 0.15) is 5.60 Å². The van der Waals surface area contributed by atoms with Gasteiger partial charge in [-0.25, -0.2) is 17.5 Å². The van der Waals surface area contributed by atoms with Gasteiger partial charge >= 0.3 is 6.09 Å². The Bertz CT molecular complexity index is 470. The number of carbonyl (C=O) groups is 1. The van der Waals surface area contributed by atoms with Crippen LogP contribution in [0.3, 0.4) is 0 Å². The third kappa shape index (κ3) is 8.97. The number of rotatable bonds is 7. The smallest absolute Gasteiger partial charge is 0.424 e. The fraction of sp³-hybridized carbons (Fsp3) is 0.923. The average molecular weight is 374 g/mol. The first-order valence-electron chi connectivity index (χ1n) is 7.15. The third-order valence-corrected chi connectivity index (χ3v) is 6.76. The zero-order valence-electron chi connectivity index (χ0n) is 14.2. The number of ether oxygens (including phenoxy) is 1. The number of amides is 1. The van der Waals surface area contributed by atoms with E-state index in [2.05, 4.69) is 0 Å². The highest BCUT2D eigenvalue weighted by Crippen LogP contribution is 2.17. The molecule has 1 atom stereocenters. The Morgan fingerprint density at radius 3 is 2.18 bits per heavy atom. The van der Waals surface area contributed by atoms with Crippen LogP contribution in [0, 0.1) is 0 Å². The maximum Gasteiger partial charge on any atom is 0.424 e. The maximum absolute atomic E-state index is 12.4. The maximum atomic E-state index is 12.4. The van der Waals surface area contributed by atoms with Crippen molar-refractivity contribution in [2.75, 3.05) is 18.2 Å². The average Bonchev–Trinajstić information content (AvgIpc) is 2.30. The van der Waals surface area contributed by atoms with Crippen molar-refractivity contribution >= 4 is 35.8 Å². The van der Waals surface area contributed by atoms with E-state index in [9.17, 15) is 18.3 Å². The molecular weight excluding hydrogens is 346 g/mol. The summed E-state index contributed by atoms with van der Waals surface area (Å²) in [7, 11) is -5.45. The Morgan fingerprint density at radius 1 is 1.32 bits per heavy atom. The lowest BCUT2D eigenvalue weighted by atomic mass is 10.2. The van der Waals surface area contributed by atoms with Gasteiger partial charge in [-0.15, -0.1) is 11.6 Å². The molecule has 0 aliphatic rings. The number of aliphatic hydroxyl groups is 1. The highest BCUT2D eigenvalue weighted by molar-refractivity contribution is 7.89. The van der Waals surface area contributed by atoms with Gasteiger partial charge in [-0.3, -0.25) is 0 Å². The molecule has 0 aliphatic carbocycles. The summed E-state index contributed by atoms with van der Waals surface area (Å²) in [5.74, 6) is -0.306. The van der Waals surface area contributed by atoms with Crippen LogP contribution in [0.25, 0.3) is 0 Å². The SMILES string of the molecule is CC(C)(C)OC(=O)N(C[C@@H](O)CCl)S(=O)(=O)CC[Si](C)(C)C. The van der Waals surface area contributed by atoms with Crippen molar-refractivity contribution in [1.82, 2.24) is 4.31 Å². The number of halogens is 1. The van der Waals surface area contributed by atoms with E-state index in [1.165, 1.54) is 0 Å². The first kappa shape index (κ1) is 21.7. The molecular formula is C13H28ClNO5SSi. The van der Waals surface area contributed by atoms with Crippen LogP contribution in [0.15, 0.2) is 0 Å². The summed E-state index contributed by atoms with van der Waals surface area (Å²) in [6.45, 7) is 10.7. The Kier molecular flexibility index (Phi) is 7.87. The standard InChI is InChI=1S/C13H28ClNO5SSi/c1-13(2,3)20-12(17)15(10-11(16)9-14)21(18,19)7-8-22(4,5)6/h11,16H,7-10H2,1-6H3/t11-/m0/s1. The lowest BCUT2D eigenvalue weighted by molar-refractivity contribution is 0.0335. The molecule has 0 saturated heterocycles. The van der Waals surface area contributed by atoms with Gasteiger partial charge in [0.05, 0.1) is 24.3 Å². The van der Waals surface area contributed by atoms with Crippen molar-refractivity contribution in [2.45, 2.75) is 58.2 Å². The van der Waals surface area contributed by atoms with Gasteiger partial charge in [-0.1, -0.05) is 19.6 Å². The molecule has 0 bridgehead atoms. The topological polar surface area (TPSA) is 83.9 Å². The number of sulfonamides is 1. The van der Waals surface area contributed by atoms with E-state index >= 15 is 0 Å². The quantitative estimate of drug-likeness (QED) is 0.547. The summed E-state index contributed by atoms with van der Waals surface area (Å²) < 4.78 is 30.6. The minimum atomic E-state index is -3.86. The fourth-order valence-corrected chi connectivity index (χ4v) is 5.86. The molecule has 6 nitrogen and oxygen atoms in total. The molecule has 132 valence electrons.